The number of carbonyl (C=O) groups excluding carboxylic acids is 1. The molecular formula is C19H20ClFN2O. The Kier molecular flexibility index (Phi) is 5.36. The first-order chi connectivity index (χ1) is 11.6. The van der Waals surface area contributed by atoms with Gasteiger partial charge in [0.1, 0.15) is 5.82 Å². The van der Waals surface area contributed by atoms with Gasteiger partial charge in [-0.15, -0.1) is 0 Å². The first kappa shape index (κ1) is 16.8. The standard InChI is InChI=1S/C19H20ClFN2O/c20-16-6-10-18(11-7-16)22-19(24)23-12-2-1-3-15(13-23)14-4-8-17(21)9-5-14/h4-11,15H,1-3,12-13H2,(H,22,24). The van der Waals surface area contributed by atoms with Gasteiger partial charge in [0.15, 0.2) is 0 Å². The van der Waals surface area contributed by atoms with Crippen LogP contribution in [0.4, 0.5) is 14.9 Å². The third-order valence-electron chi connectivity index (χ3n) is 4.40. The van der Waals surface area contributed by atoms with Crippen molar-refractivity contribution in [3.8, 4) is 0 Å². The van der Waals surface area contributed by atoms with Crippen molar-refractivity contribution in [3.63, 3.8) is 0 Å². The fourth-order valence-corrected chi connectivity index (χ4v) is 3.20. The van der Waals surface area contributed by atoms with Crippen LogP contribution in [0.25, 0.3) is 0 Å². The lowest BCUT2D eigenvalue weighted by molar-refractivity contribution is 0.211. The maximum absolute atomic E-state index is 13.1. The quantitative estimate of drug-likeness (QED) is 0.788. The predicted molar refractivity (Wildman–Crippen MR) is 95.0 cm³/mol. The molecule has 1 N–H and O–H groups in total. The minimum absolute atomic E-state index is 0.105. The molecule has 3 nitrogen and oxygen atoms in total. The van der Waals surface area contributed by atoms with Crippen molar-refractivity contribution in [1.82, 2.24) is 4.90 Å². The lowest BCUT2D eigenvalue weighted by atomic mass is 9.94. The fourth-order valence-electron chi connectivity index (χ4n) is 3.07. The zero-order chi connectivity index (χ0) is 16.9. The molecule has 2 aromatic carbocycles. The van der Waals surface area contributed by atoms with E-state index in [1.165, 1.54) is 12.1 Å². The van der Waals surface area contributed by atoms with Crippen LogP contribution in [-0.2, 0) is 0 Å². The van der Waals surface area contributed by atoms with Crippen LogP contribution in [-0.4, -0.2) is 24.0 Å². The third-order valence-corrected chi connectivity index (χ3v) is 4.65. The van der Waals surface area contributed by atoms with Crippen LogP contribution in [0.15, 0.2) is 48.5 Å². The minimum atomic E-state index is -0.232. The first-order valence-corrected chi connectivity index (χ1v) is 8.56. The number of likely N-dealkylation sites (tertiary alicyclic amines) is 1. The summed E-state index contributed by atoms with van der Waals surface area (Å²) in [6.07, 6.45) is 3.05. The highest BCUT2D eigenvalue weighted by molar-refractivity contribution is 6.30. The van der Waals surface area contributed by atoms with Crippen molar-refractivity contribution in [3.05, 3.63) is 64.9 Å². The lowest BCUT2D eigenvalue weighted by Crippen LogP contribution is -2.37. The summed E-state index contributed by atoms with van der Waals surface area (Å²) in [5, 5.41) is 3.55. The van der Waals surface area contributed by atoms with Gasteiger partial charge in [0.25, 0.3) is 0 Å². The zero-order valence-corrected chi connectivity index (χ0v) is 14.1. The summed E-state index contributed by atoms with van der Waals surface area (Å²) in [4.78, 5) is 14.4. The second-order valence-electron chi connectivity index (χ2n) is 6.13. The lowest BCUT2D eigenvalue weighted by Gasteiger charge is -2.25. The van der Waals surface area contributed by atoms with Crippen LogP contribution >= 0.6 is 11.6 Å². The molecular weight excluding hydrogens is 327 g/mol. The average molecular weight is 347 g/mol. The zero-order valence-electron chi connectivity index (χ0n) is 13.3. The van der Waals surface area contributed by atoms with Gasteiger partial charge in [-0.1, -0.05) is 30.2 Å². The van der Waals surface area contributed by atoms with Gasteiger partial charge in [0, 0.05) is 29.7 Å². The highest BCUT2D eigenvalue weighted by atomic mass is 35.5. The molecule has 126 valence electrons. The van der Waals surface area contributed by atoms with E-state index in [4.69, 9.17) is 11.6 Å². The number of amides is 2. The second kappa shape index (κ2) is 7.67. The van der Waals surface area contributed by atoms with Crippen LogP contribution in [0.1, 0.15) is 30.7 Å². The summed E-state index contributed by atoms with van der Waals surface area (Å²) in [6, 6.07) is 13.6. The third kappa shape index (κ3) is 4.26. The molecule has 1 heterocycles. The smallest absolute Gasteiger partial charge is 0.321 e. The molecule has 24 heavy (non-hydrogen) atoms. The topological polar surface area (TPSA) is 32.3 Å². The van der Waals surface area contributed by atoms with Gasteiger partial charge in [-0.3, -0.25) is 0 Å². The Hall–Kier alpha value is -2.07. The average Bonchev–Trinajstić information content (AvgIpc) is 2.84. The monoisotopic (exact) mass is 346 g/mol. The molecule has 1 atom stereocenters. The molecule has 1 aliphatic heterocycles. The summed E-state index contributed by atoms with van der Waals surface area (Å²) in [7, 11) is 0. The molecule has 0 aromatic heterocycles. The van der Waals surface area contributed by atoms with Crippen molar-refractivity contribution in [2.75, 3.05) is 18.4 Å². The number of hydrogen-bond acceptors (Lipinski definition) is 1. The van der Waals surface area contributed by atoms with Crippen LogP contribution in [0.3, 0.4) is 0 Å². The van der Waals surface area contributed by atoms with Crippen molar-refractivity contribution >= 4 is 23.3 Å². The van der Waals surface area contributed by atoms with E-state index in [-0.39, 0.29) is 17.8 Å². The number of urea groups is 1. The van der Waals surface area contributed by atoms with E-state index in [0.29, 0.717) is 11.6 Å². The first-order valence-electron chi connectivity index (χ1n) is 8.19. The molecule has 3 rings (SSSR count). The van der Waals surface area contributed by atoms with Gasteiger partial charge in [-0.05, 0) is 54.8 Å². The molecule has 5 heteroatoms. The van der Waals surface area contributed by atoms with Gasteiger partial charge in [-0.25, -0.2) is 9.18 Å². The van der Waals surface area contributed by atoms with Crippen molar-refractivity contribution in [2.24, 2.45) is 0 Å². The van der Waals surface area contributed by atoms with Crippen LogP contribution in [0.5, 0.6) is 0 Å². The van der Waals surface area contributed by atoms with Gasteiger partial charge in [0.05, 0.1) is 0 Å². The van der Waals surface area contributed by atoms with E-state index in [9.17, 15) is 9.18 Å². The van der Waals surface area contributed by atoms with Gasteiger partial charge in [0.2, 0.25) is 0 Å². The minimum Gasteiger partial charge on any atom is -0.324 e. The van der Waals surface area contributed by atoms with Crippen LogP contribution in [0.2, 0.25) is 5.02 Å². The molecule has 1 unspecified atom stereocenters. The van der Waals surface area contributed by atoms with E-state index in [1.54, 1.807) is 24.3 Å². The number of hydrogen-bond donors (Lipinski definition) is 1. The number of rotatable bonds is 2. The maximum atomic E-state index is 13.1. The van der Waals surface area contributed by atoms with E-state index < -0.39 is 0 Å². The largest absolute Gasteiger partial charge is 0.324 e. The molecule has 0 aliphatic carbocycles. The molecule has 0 spiro atoms. The predicted octanol–water partition coefficient (Wildman–Crippen LogP) is 5.28. The van der Waals surface area contributed by atoms with Gasteiger partial charge < -0.3 is 10.2 Å². The Labute approximate surface area is 146 Å². The number of nitrogens with zero attached hydrogens (tertiary/aromatic N) is 1. The van der Waals surface area contributed by atoms with E-state index >= 15 is 0 Å². The maximum Gasteiger partial charge on any atom is 0.321 e. The SMILES string of the molecule is O=C(Nc1ccc(Cl)cc1)N1CCCCC(c2ccc(F)cc2)C1. The molecule has 2 amide bonds. The summed E-state index contributed by atoms with van der Waals surface area (Å²) in [5.41, 5.74) is 1.81. The number of nitrogens with one attached hydrogen (secondary N) is 1. The molecule has 0 radical (unpaired) electrons. The Balaban J connectivity index is 1.68. The molecule has 0 saturated carbocycles. The summed E-state index contributed by atoms with van der Waals surface area (Å²) in [5.74, 6) is 0.00813. The molecule has 0 bridgehead atoms. The van der Waals surface area contributed by atoms with Crippen molar-refractivity contribution in [1.29, 1.82) is 0 Å². The Morgan fingerprint density at radius 2 is 1.79 bits per heavy atom. The normalized spacial score (nSPS) is 18.1. The summed E-state index contributed by atoms with van der Waals surface area (Å²) < 4.78 is 13.1. The Morgan fingerprint density at radius 3 is 2.50 bits per heavy atom. The molecule has 1 saturated heterocycles. The van der Waals surface area contributed by atoms with Crippen molar-refractivity contribution in [2.45, 2.75) is 25.2 Å². The highest BCUT2D eigenvalue weighted by Gasteiger charge is 2.23. The van der Waals surface area contributed by atoms with Crippen LogP contribution < -0.4 is 5.32 Å². The number of carbonyl (C=O) groups is 1. The van der Waals surface area contributed by atoms with Crippen LogP contribution in [0, 0.1) is 5.82 Å². The molecule has 2 aromatic rings. The highest BCUT2D eigenvalue weighted by Crippen LogP contribution is 2.27. The molecule has 1 aliphatic rings. The van der Waals surface area contributed by atoms with E-state index in [2.05, 4.69) is 5.32 Å². The van der Waals surface area contributed by atoms with Gasteiger partial charge in [-0.2, -0.15) is 0 Å². The fraction of sp³-hybridized carbons (Fsp3) is 0.316. The van der Waals surface area contributed by atoms with Crippen molar-refractivity contribution < 1.29 is 9.18 Å². The van der Waals surface area contributed by atoms with Gasteiger partial charge >= 0.3 is 6.03 Å². The van der Waals surface area contributed by atoms with E-state index in [0.717, 1.165) is 37.1 Å². The molecule has 1 fully saturated rings. The van der Waals surface area contributed by atoms with E-state index in [1.807, 2.05) is 17.0 Å². The second-order valence-corrected chi connectivity index (χ2v) is 6.56. The Bertz CT molecular complexity index is 688. The summed E-state index contributed by atoms with van der Waals surface area (Å²) in [6.45, 7) is 1.38. The number of halogens is 2. The number of anilines is 1. The Morgan fingerprint density at radius 1 is 1.08 bits per heavy atom. The number of benzene rings is 2. The summed E-state index contributed by atoms with van der Waals surface area (Å²) >= 11 is 5.87.